The number of aryl methyl sites for hydroxylation is 2. The third-order valence-electron chi connectivity index (χ3n) is 4.64. The molecule has 0 radical (unpaired) electrons. The molecule has 9 nitrogen and oxygen atoms in total. The molecule has 0 aliphatic heterocycles. The van der Waals surface area contributed by atoms with E-state index in [9.17, 15) is 20.0 Å². The molecule has 0 saturated heterocycles. The molecular weight excluding hydrogens is 388 g/mol. The molecule has 3 aromatic rings. The van der Waals surface area contributed by atoms with Crippen molar-refractivity contribution in [2.45, 2.75) is 32.3 Å². The van der Waals surface area contributed by atoms with Gasteiger partial charge >= 0.3 is 0 Å². The van der Waals surface area contributed by atoms with Crippen LogP contribution in [-0.4, -0.2) is 32.6 Å². The van der Waals surface area contributed by atoms with Crippen LogP contribution in [0.15, 0.2) is 53.1 Å². The summed E-state index contributed by atoms with van der Waals surface area (Å²) < 4.78 is 5.21. The highest BCUT2D eigenvalue weighted by Crippen LogP contribution is 2.18. The number of aliphatic hydroxyl groups excluding tert-OH is 1. The zero-order valence-corrected chi connectivity index (χ0v) is 16.4. The van der Waals surface area contributed by atoms with Crippen molar-refractivity contribution in [3.8, 4) is 11.4 Å². The number of hydrogen-bond donors (Lipinski definition) is 2. The van der Waals surface area contributed by atoms with E-state index < -0.39 is 11.0 Å². The Labute approximate surface area is 172 Å². The third kappa shape index (κ3) is 5.48. The minimum absolute atomic E-state index is 0.00446. The highest BCUT2D eigenvalue weighted by atomic mass is 16.6. The standard InChI is InChI=1S/C21H22N4O5/c1-2-14-3-5-16(6-4-14)21-23-20(30-24-21)12-11-19(27)22-13-18(26)15-7-9-17(10-8-15)25(28)29/h3-10,18,26H,2,11-13H2,1H3,(H,22,27). The fraction of sp³-hybridized carbons (Fsp3) is 0.286. The number of nitro groups is 1. The Bertz CT molecular complexity index is 999. The average molecular weight is 410 g/mol. The Morgan fingerprint density at radius 2 is 1.90 bits per heavy atom. The van der Waals surface area contributed by atoms with Crippen LogP contribution < -0.4 is 5.32 Å². The highest BCUT2D eigenvalue weighted by molar-refractivity contribution is 5.76. The number of aromatic nitrogens is 2. The number of nitrogens with zero attached hydrogens (tertiary/aromatic N) is 3. The maximum atomic E-state index is 12.0. The van der Waals surface area contributed by atoms with Crippen LogP contribution in [0.5, 0.6) is 0 Å². The van der Waals surface area contributed by atoms with Crippen LogP contribution in [-0.2, 0) is 17.6 Å². The molecule has 1 atom stereocenters. The second-order valence-electron chi connectivity index (χ2n) is 6.73. The van der Waals surface area contributed by atoms with Crippen molar-refractivity contribution in [1.82, 2.24) is 15.5 Å². The number of amides is 1. The molecule has 1 aromatic heterocycles. The molecule has 0 fully saturated rings. The van der Waals surface area contributed by atoms with Crippen molar-refractivity contribution < 1.29 is 19.3 Å². The summed E-state index contributed by atoms with van der Waals surface area (Å²) in [5, 5.41) is 27.4. The van der Waals surface area contributed by atoms with Gasteiger partial charge in [0, 0.05) is 37.1 Å². The normalized spacial score (nSPS) is 11.8. The summed E-state index contributed by atoms with van der Waals surface area (Å²) in [4.78, 5) is 26.5. The van der Waals surface area contributed by atoms with E-state index in [0.717, 1.165) is 12.0 Å². The molecule has 0 bridgehead atoms. The summed E-state index contributed by atoms with van der Waals surface area (Å²) in [5.74, 6) is 0.556. The lowest BCUT2D eigenvalue weighted by Crippen LogP contribution is -2.28. The lowest BCUT2D eigenvalue weighted by atomic mass is 10.1. The fourth-order valence-corrected chi connectivity index (χ4v) is 2.82. The predicted molar refractivity (Wildman–Crippen MR) is 108 cm³/mol. The van der Waals surface area contributed by atoms with Gasteiger partial charge in [0.2, 0.25) is 17.6 Å². The molecule has 1 unspecified atom stereocenters. The second-order valence-corrected chi connectivity index (χ2v) is 6.73. The van der Waals surface area contributed by atoms with Gasteiger partial charge in [-0.3, -0.25) is 14.9 Å². The van der Waals surface area contributed by atoms with Gasteiger partial charge in [0.15, 0.2) is 0 Å². The lowest BCUT2D eigenvalue weighted by Gasteiger charge is -2.11. The first-order valence-corrected chi connectivity index (χ1v) is 9.57. The van der Waals surface area contributed by atoms with Crippen molar-refractivity contribution in [3.05, 3.63) is 75.7 Å². The van der Waals surface area contributed by atoms with Crippen LogP contribution in [0, 0.1) is 10.1 Å². The Kier molecular flexibility index (Phi) is 6.87. The van der Waals surface area contributed by atoms with Crippen molar-refractivity contribution in [2.24, 2.45) is 0 Å². The quantitative estimate of drug-likeness (QED) is 0.409. The molecule has 0 aliphatic rings. The lowest BCUT2D eigenvalue weighted by molar-refractivity contribution is -0.384. The van der Waals surface area contributed by atoms with Gasteiger partial charge in [-0.2, -0.15) is 4.98 Å². The van der Waals surface area contributed by atoms with Gasteiger partial charge < -0.3 is 14.9 Å². The second kappa shape index (κ2) is 9.75. The van der Waals surface area contributed by atoms with Crippen LogP contribution >= 0.6 is 0 Å². The van der Waals surface area contributed by atoms with Crippen LogP contribution in [0.25, 0.3) is 11.4 Å². The maximum Gasteiger partial charge on any atom is 0.269 e. The van der Waals surface area contributed by atoms with Gasteiger partial charge in [-0.25, -0.2) is 0 Å². The molecule has 0 aliphatic carbocycles. The third-order valence-corrected chi connectivity index (χ3v) is 4.64. The molecule has 3 rings (SSSR count). The fourth-order valence-electron chi connectivity index (χ4n) is 2.82. The number of carbonyl (C=O) groups excluding carboxylic acids is 1. The van der Waals surface area contributed by atoms with E-state index in [4.69, 9.17) is 4.52 Å². The maximum absolute atomic E-state index is 12.0. The largest absolute Gasteiger partial charge is 0.387 e. The van der Waals surface area contributed by atoms with Crippen molar-refractivity contribution in [3.63, 3.8) is 0 Å². The van der Waals surface area contributed by atoms with E-state index in [1.54, 1.807) is 0 Å². The number of carbonyl (C=O) groups is 1. The van der Waals surface area contributed by atoms with Gasteiger partial charge in [-0.05, 0) is 29.7 Å². The Hall–Kier alpha value is -3.59. The van der Waals surface area contributed by atoms with E-state index >= 15 is 0 Å². The smallest absolute Gasteiger partial charge is 0.269 e. The number of non-ortho nitro benzene ring substituents is 1. The first-order valence-electron chi connectivity index (χ1n) is 9.57. The number of benzene rings is 2. The van der Waals surface area contributed by atoms with E-state index in [2.05, 4.69) is 22.4 Å². The van der Waals surface area contributed by atoms with Crippen LogP contribution in [0.2, 0.25) is 0 Å². The minimum Gasteiger partial charge on any atom is -0.387 e. The number of nitrogens with one attached hydrogen (secondary N) is 1. The summed E-state index contributed by atoms with van der Waals surface area (Å²) in [5.41, 5.74) is 2.49. The number of rotatable bonds is 9. The number of hydrogen-bond acceptors (Lipinski definition) is 7. The summed E-state index contributed by atoms with van der Waals surface area (Å²) >= 11 is 0. The van der Waals surface area contributed by atoms with E-state index in [1.165, 1.54) is 29.8 Å². The van der Waals surface area contributed by atoms with E-state index in [0.29, 0.717) is 17.3 Å². The molecule has 2 aromatic carbocycles. The molecule has 156 valence electrons. The highest BCUT2D eigenvalue weighted by Gasteiger charge is 2.14. The summed E-state index contributed by atoms with van der Waals surface area (Å²) in [6, 6.07) is 13.4. The van der Waals surface area contributed by atoms with Crippen LogP contribution in [0.1, 0.15) is 36.5 Å². The molecule has 30 heavy (non-hydrogen) atoms. The first-order chi connectivity index (χ1) is 14.5. The number of nitro benzene ring substituents is 1. The molecule has 9 heteroatoms. The van der Waals surface area contributed by atoms with Gasteiger partial charge in [0.05, 0.1) is 11.0 Å². The first kappa shape index (κ1) is 21.1. The average Bonchev–Trinajstić information content (AvgIpc) is 3.25. The van der Waals surface area contributed by atoms with Gasteiger partial charge in [0.25, 0.3) is 5.69 Å². The van der Waals surface area contributed by atoms with E-state index in [1.807, 2.05) is 24.3 Å². The molecule has 1 amide bonds. The van der Waals surface area contributed by atoms with E-state index in [-0.39, 0.29) is 31.0 Å². The zero-order chi connectivity index (χ0) is 21.5. The monoisotopic (exact) mass is 410 g/mol. The molecule has 1 heterocycles. The molecular formula is C21H22N4O5. The summed E-state index contributed by atoms with van der Waals surface area (Å²) in [7, 11) is 0. The van der Waals surface area contributed by atoms with Crippen molar-refractivity contribution >= 4 is 11.6 Å². The SMILES string of the molecule is CCc1ccc(-c2noc(CCC(=O)NCC(O)c3ccc([N+](=O)[O-])cc3)n2)cc1. The van der Waals surface area contributed by atoms with Crippen LogP contribution in [0.4, 0.5) is 5.69 Å². The van der Waals surface area contributed by atoms with Crippen molar-refractivity contribution in [2.75, 3.05) is 6.54 Å². The van der Waals surface area contributed by atoms with Crippen LogP contribution in [0.3, 0.4) is 0 Å². The molecule has 0 saturated carbocycles. The Morgan fingerprint density at radius 1 is 1.20 bits per heavy atom. The molecule has 2 N–H and O–H groups in total. The van der Waals surface area contributed by atoms with Gasteiger partial charge in [0.1, 0.15) is 0 Å². The molecule has 0 spiro atoms. The topological polar surface area (TPSA) is 131 Å². The summed E-state index contributed by atoms with van der Waals surface area (Å²) in [6.07, 6.45) is 0.394. The summed E-state index contributed by atoms with van der Waals surface area (Å²) in [6.45, 7) is 2.08. The zero-order valence-electron chi connectivity index (χ0n) is 16.4. The predicted octanol–water partition coefficient (Wildman–Crippen LogP) is 2.99. The van der Waals surface area contributed by atoms with Crippen molar-refractivity contribution in [1.29, 1.82) is 0 Å². The number of aliphatic hydroxyl groups is 1. The Morgan fingerprint density at radius 3 is 2.53 bits per heavy atom. The minimum atomic E-state index is -0.962. The Balaban J connectivity index is 1.46. The van der Waals surface area contributed by atoms with Gasteiger partial charge in [-0.15, -0.1) is 0 Å². The van der Waals surface area contributed by atoms with Gasteiger partial charge in [-0.1, -0.05) is 36.3 Å².